The van der Waals surface area contributed by atoms with Crippen LogP contribution in [-0.4, -0.2) is 5.78 Å². The number of ether oxygens (including phenoxy) is 1. The molecule has 0 bridgehead atoms. The van der Waals surface area contributed by atoms with Gasteiger partial charge in [-0.25, -0.2) is 0 Å². The van der Waals surface area contributed by atoms with Gasteiger partial charge in [-0.3, -0.25) is 4.79 Å². The van der Waals surface area contributed by atoms with Gasteiger partial charge in [0, 0.05) is 5.56 Å². The summed E-state index contributed by atoms with van der Waals surface area (Å²) in [4.78, 5) is 12.2. The van der Waals surface area contributed by atoms with Crippen LogP contribution in [-0.2, 0) is 6.61 Å². The third kappa shape index (κ3) is 5.28. The van der Waals surface area contributed by atoms with Crippen LogP contribution in [0.25, 0.3) is 6.08 Å². The van der Waals surface area contributed by atoms with Gasteiger partial charge in [0.25, 0.3) is 0 Å². The largest absolute Gasteiger partial charge is 0.486 e. The second-order valence-electron chi connectivity index (χ2n) is 6.64. The van der Waals surface area contributed by atoms with Crippen LogP contribution in [0.1, 0.15) is 47.2 Å². The van der Waals surface area contributed by atoms with Gasteiger partial charge in [0.1, 0.15) is 23.9 Å². The van der Waals surface area contributed by atoms with Crippen LogP contribution in [0.15, 0.2) is 65.1 Å². The molecule has 0 unspecified atom stereocenters. The number of ketones is 1. The summed E-state index contributed by atoms with van der Waals surface area (Å²) in [6.07, 6.45) is 3.06. The fraction of sp³-hybridized carbons (Fsp3) is 0.174. The van der Waals surface area contributed by atoms with Crippen molar-refractivity contribution < 1.29 is 13.9 Å². The Labute approximate surface area is 174 Å². The maximum absolute atomic E-state index is 12.2. The van der Waals surface area contributed by atoms with Gasteiger partial charge in [0.15, 0.2) is 5.78 Å². The minimum atomic E-state index is -0.182. The number of hydrogen-bond donors (Lipinski definition) is 0. The van der Waals surface area contributed by atoms with Crippen LogP contribution < -0.4 is 4.74 Å². The average Bonchev–Trinajstić information content (AvgIpc) is 3.15. The van der Waals surface area contributed by atoms with E-state index in [1.165, 1.54) is 11.6 Å². The molecule has 0 amide bonds. The molecule has 0 saturated heterocycles. The number of hydrogen-bond acceptors (Lipinski definition) is 3. The highest BCUT2D eigenvalue weighted by atomic mass is 35.5. The van der Waals surface area contributed by atoms with Gasteiger partial charge in [0.2, 0.25) is 0 Å². The highest BCUT2D eigenvalue weighted by Gasteiger charge is 2.07. The second-order valence-corrected chi connectivity index (χ2v) is 7.46. The Morgan fingerprint density at radius 2 is 1.79 bits per heavy atom. The fourth-order valence-electron chi connectivity index (χ4n) is 2.57. The summed E-state index contributed by atoms with van der Waals surface area (Å²) in [7, 11) is 0. The van der Waals surface area contributed by atoms with Gasteiger partial charge in [0.05, 0.1) is 10.0 Å². The van der Waals surface area contributed by atoms with E-state index in [2.05, 4.69) is 26.0 Å². The van der Waals surface area contributed by atoms with Gasteiger partial charge in [-0.05, 0) is 66.1 Å². The van der Waals surface area contributed by atoms with Gasteiger partial charge in [-0.1, -0.05) is 49.2 Å². The van der Waals surface area contributed by atoms with Crippen molar-refractivity contribution in [3.05, 3.63) is 93.4 Å². The molecule has 0 spiro atoms. The van der Waals surface area contributed by atoms with E-state index < -0.39 is 0 Å². The lowest BCUT2D eigenvalue weighted by Crippen LogP contribution is -1.94. The molecule has 28 heavy (non-hydrogen) atoms. The molecule has 144 valence electrons. The Morgan fingerprint density at radius 3 is 2.46 bits per heavy atom. The van der Waals surface area contributed by atoms with Crippen molar-refractivity contribution in [2.45, 2.75) is 26.4 Å². The monoisotopic (exact) mass is 414 g/mol. The van der Waals surface area contributed by atoms with Crippen LogP contribution >= 0.6 is 23.2 Å². The normalized spacial score (nSPS) is 11.3. The minimum absolute atomic E-state index is 0.182. The zero-order chi connectivity index (χ0) is 20.1. The predicted octanol–water partition coefficient (Wildman–Crippen LogP) is 7.18. The molecule has 3 nitrogen and oxygen atoms in total. The maximum atomic E-state index is 12.2. The van der Waals surface area contributed by atoms with Crippen molar-refractivity contribution in [2.75, 3.05) is 0 Å². The van der Waals surface area contributed by atoms with Crippen LogP contribution in [0.3, 0.4) is 0 Å². The van der Waals surface area contributed by atoms with E-state index in [9.17, 15) is 4.79 Å². The van der Waals surface area contributed by atoms with E-state index in [0.29, 0.717) is 39.7 Å². The summed E-state index contributed by atoms with van der Waals surface area (Å²) >= 11 is 11.8. The van der Waals surface area contributed by atoms with Gasteiger partial charge in [-0.2, -0.15) is 0 Å². The number of rotatable bonds is 7. The quantitative estimate of drug-likeness (QED) is 0.303. The topological polar surface area (TPSA) is 39.4 Å². The molecule has 1 heterocycles. The number of halogens is 2. The Balaban J connectivity index is 1.58. The highest BCUT2D eigenvalue weighted by molar-refractivity contribution is 6.42. The lowest BCUT2D eigenvalue weighted by atomic mass is 10.0. The summed E-state index contributed by atoms with van der Waals surface area (Å²) in [6, 6.07) is 16.4. The first-order valence-electron chi connectivity index (χ1n) is 8.91. The first-order chi connectivity index (χ1) is 13.4. The summed E-state index contributed by atoms with van der Waals surface area (Å²) in [5.41, 5.74) is 1.73. The Kier molecular flexibility index (Phi) is 6.61. The van der Waals surface area contributed by atoms with Crippen molar-refractivity contribution in [3.63, 3.8) is 0 Å². The van der Waals surface area contributed by atoms with E-state index >= 15 is 0 Å². The molecular weight excluding hydrogens is 395 g/mol. The molecule has 0 atom stereocenters. The molecule has 0 aliphatic carbocycles. The molecule has 0 aliphatic heterocycles. The van der Waals surface area contributed by atoms with E-state index in [4.69, 9.17) is 32.4 Å². The molecule has 0 aliphatic rings. The number of allylic oxidation sites excluding steroid dienone is 1. The van der Waals surface area contributed by atoms with Crippen LogP contribution in [0.5, 0.6) is 5.75 Å². The van der Waals surface area contributed by atoms with Crippen molar-refractivity contribution in [3.8, 4) is 5.75 Å². The summed E-state index contributed by atoms with van der Waals surface area (Å²) < 4.78 is 11.4. The predicted molar refractivity (Wildman–Crippen MR) is 113 cm³/mol. The summed E-state index contributed by atoms with van der Waals surface area (Å²) in [6.45, 7) is 4.62. The molecule has 3 rings (SSSR count). The maximum Gasteiger partial charge on any atom is 0.186 e. The Morgan fingerprint density at radius 1 is 1.04 bits per heavy atom. The van der Waals surface area contributed by atoms with Crippen molar-refractivity contribution in [1.29, 1.82) is 0 Å². The van der Waals surface area contributed by atoms with Gasteiger partial charge in [-0.15, -0.1) is 0 Å². The number of carbonyl (C=O) groups is 1. The molecule has 0 N–H and O–H groups in total. The molecule has 0 fully saturated rings. The van der Waals surface area contributed by atoms with Crippen LogP contribution in [0, 0.1) is 0 Å². The number of carbonyl (C=O) groups excluding carboxylic acids is 1. The zero-order valence-electron chi connectivity index (χ0n) is 15.6. The standard InChI is InChI=1S/C23H20Cl2O3/c1-15(2)16-3-6-18(7-4-16)27-14-20-9-8-19(28-20)10-12-23(26)17-5-11-21(24)22(25)13-17/h3-13,15H,14H2,1-2H3/b12-10+. The number of furan rings is 1. The SMILES string of the molecule is CC(C)c1ccc(OCc2ccc(/C=C/C(=O)c3ccc(Cl)c(Cl)c3)o2)cc1. The fourth-order valence-corrected chi connectivity index (χ4v) is 2.87. The first kappa shape index (κ1) is 20.2. The van der Waals surface area contributed by atoms with E-state index in [-0.39, 0.29) is 5.78 Å². The van der Waals surface area contributed by atoms with E-state index in [1.807, 2.05) is 18.2 Å². The average molecular weight is 415 g/mol. The van der Waals surface area contributed by atoms with Gasteiger partial charge < -0.3 is 9.15 Å². The molecular formula is C23H20Cl2O3. The Bertz CT molecular complexity index is 985. The summed E-state index contributed by atoms with van der Waals surface area (Å²) in [5, 5.41) is 0.761. The number of benzene rings is 2. The molecule has 0 saturated carbocycles. The molecule has 2 aromatic carbocycles. The van der Waals surface area contributed by atoms with Crippen molar-refractivity contribution in [2.24, 2.45) is 0 Å². The van der Waals surface area contributed by atoms with Crippen LogP contribution in [0.2, 0.25) is 10.0 Å². The molecule has 3 aromatic rings. The second kappa shape index (κ2) is 9.13. The van der Waals surface area contributed by atoms with Gasteiger partial charge >= 0.3 is 0 Å². The zero-order valence-corrected chi connectivity index (χ0v) is 17.1. The molecule has 5 heteroatoms. The lowest BCUT2D eigenvalue weighted by Gasteiger charge is -2.07. The molecule has 1 aromatic heterocycles. The third-order valence-corrected chi connectivity index (χ3v) is 4.95. The summed E-state index contributed by atoms with van der Waals surface area (Å²) in [5.74, 6) is 2.34. The van der Waals surface area contributed by atoms with Crippen LogP contribution in [0.4, 0.5) is 0 Å². The third-order valence-electron chi connectivity index (χ3n) is 4.21. The molecule has 0 radical (unpaired) electrons. The van der Waals surface area contributed by atoms with E-state index in [1.54, 1.807) is 30.3 Å². The smallest absolute Gasteiger partial charge is 0.186 e. The first-order valence-corrected chi connectivity index (χ1v) is 9.67. The van der Waals surface area contributed by atoms with Crippen molar-refractivity contribution >= 4 is 35.1 Å². The highest BCUT2D eigenvalue weighted by Crippen LogP contribution is 2.23. The van der Waals surface area contributed by atoms with Crippen molar-refractivity contribution in [1.82, 2.24) is 0 Å². The lowest BCUT2D eigenvalue weighted by molar-refractivity contribution is 0.104. The van der Waals surface area contributed by atoms with E-state index in [0.717, 1.165) is 5.75 Å². The Hall–Kier alpha value is -2.49. The minimum Gasteiger partial charge on any atom is -0.486 e.